The number of aryl methyl sites for hydroxylation is 1. The van der Waals surface area contributed by atoms with E-state index in [1.807, 2.05) is 19.1 Å². The molecular weight excluding hydrogens is 333 g/mol. The fourth-order valence-electron chi connectivity index (χ4n) is 1.98. The summed E-state index contributed by atoms with van der Waals surface area (Å²) >= 11 is 3.36. The summed E-state index contributed by atoms with van der Waals surface area (Å²) in [6.45, 7) is 1.90. The van der Waals surface area contributed by atoms with Crippen LogP contribution in [0.4, 0.5) is 13.2 Å². The Labute approximate surface area is 122 Å². The summed E-state index contributed by atoms with van der Waals surface area (Å²) < 4.78 is 40.9. The summed E-state index contributed by atoms with van der Waals surface area (Å²) in [6, 6.07) is 6.65. The molecule has 3 N–H and O–H groups in total. The summed E-state index contributed by atoms with van der Waals surface area (Å²) in [5.74, 6) is 1.46. The molecule has 2 aromatic carbocycles. The zero-order valence-electron chi connectivity index (χ0n) is 10.6. The maximum atomic E-state index is 13.9. The predicted molar refractivity (Wildman–Crippen MR) is 74.4 cm³/mol. The van der Waals surface area contributed by atoms with Gasteiger partial charge in [0.1, 0.15) is 0 Å². The minimum Gasteiger partial charge on any atom is -0.271 e. The Hall–Kier alpha value is -1.37. The van der Waals surface area contributed by atoms with E-state index < -0.39 is 23.5 Å². The smallest absolute Gasteiger partial charge is 0.194 e. The van der Waals surface area contributed by atoms with Crippen molar-refractivity contribution in [2.45, 2.75) is 13.0 Å². The molecule has 0 radical (unpaired) electrons. The number of rotatable bonds is 3. The van der Waals surface area contributed by atoms with Crippen molar-refractivity contribution in [3.05, 3.63) is 68.9 Å². The van der Waals surface area contributed by atoms with Crippen LogP contribution in [0.15, 0.2) is 34.8 Å². The third-order valence-electron chi connectivity index (χ3n) is 3.01. The van der Waals surface area contributed by atoms with E-state index in [9.17, 15) is 13.2 Å². The molecule has 0 bridgehead atoms. The molecule has 1 unspecified atom stereocenters. The van der Waals surface area contributed by atoms with Crippen molar-refractivity contribution in [1.29, 1.82) is 0 Å². The maximum Gasteiger partial charge on any atom is 0.194 e. The molecule has 0 aromatic heterocycles. The Morgan fingerprint density at radius 3 is 2.30 bits per heavy atom. The van der Waals surface area contributed by atoms with Crippen LogP contribution in [-0.4, -0.2) is 0 Å². The number of nitrogens with two attached hydrogens (primary N) is 1. The van der Waals surface area contributed by atoms with Crippen molar-refractivity contribution in [3.8, 4) is 0 Å². The lowest BCUT2D eigenvalue weighted by molar-refractivity contribution is 0.433. The highest BCUT2D eigenvalue weighted by Crippen LogP contribution is 2.31. The van der Waals surface area contributed by atoms with Crippen LogP contribution in [0.3, 0.4) is 0 Å². The number of halogens is 4. The monoisotopic (exact) mass is 344 g/mol. The van der Waals surface area contributed by atoms with Crippen LogP contribution >= 0.6 is 15.9 Å². The van der Waals surface area contributed by atoms with E-state index in [0.717, 1.165) is 11.6 Å². The minimum absolute atomic E-state index is 0.0593. The summed E-state index contributed by atoms with van der Waals surface area (Å²) in [4.78, 5) is 0. The van der Waals surface area contributed by atoms with E-state index in [-0.39, 0.29) is 5.56 Å². The minimum atomic E-state index is -1.51. The molecule has 6 heteroatoms. The first-order valence-electron chi connectivity index (χ1n) is 5.81. The zero-order chi connectivity index (χ0) is 14.9. The molecule has 2 rings (SSSR count). The van der Waals surface area contributed by atoms with Crippen LogP contribution in [0, 0.1) is 24.4 Å². The lowest BCUT2D eigenvalue weighted by Crippen LogP contribution is -2.30. The Morgan fingerprint density at radius 1 is 1.05 bits per heavy atom. The highest BCUT2D eigenvalue weighted by molar-refractivity contribution is 9.10. The van der Waals surface area contributed by atoms with Gasteiger partial charge in [0.2, 0.25) is 0 Å². The maximum absolute atomic E-state index is 13.9. The Kier molecular flexibility index (Phi) is 4.47. The van der Waals surface area contributed by atoms with Gasteiger partial charge < -0.3 is 0 Å². The molecule has 2 nitrogen and oxygen atoms in total. The normalized spacial score (nSPS) is 12.5. The van der Waals surface area contributed by atoms with Crippen LogP contribution < -0.4 is 11.3 Å². The average Bonchev–Trinajstić information content (AvgIpc) is 2.41. The average molecular weight is 345 g/mol. The van der Waals surface area contributed by atoms with Gasteiger partial charge in [-0.15, -0.1) is 0 Å². The van der Waals surface area contributed by atoms with Gasteiger partial charge in [-0.05, 0) is 30.2 Å². The second-order valence-electron chi connectivity index (χ2n) is 4.39. The van der Waals surface area contributed by atoms with Gasteiger partial charge in [-0.1, -0.05) is 34.1 Å². The highest BCUT2D eigenvalue weighted by Gasteiger charge is 2.22. The first-order valence-corrected chi connectivity index (χ1v) is 6.60. The number of hydrogen-bond donors (Lipinski definition) is 2. The van der Waals surface area contributed by atoms with Gasteiger partial charge in [0, 0.05) is 10.0 Å². The molecule has 106 valence electrons. The molecular formula is C14H12BrF3N2. The summed E-state index contributed by atoms with van der Waals surface area (Å²) in [7, 11) is 0. The van der Waals surface area contributed by atoms with E-state index in [0.29, 0.717) is 10.0 Å². The van der Waals surface area contributed by atoms with E-state index in [2.05, 4.69) is 21.4 Å². The van der Waals surface area contributed by atoms with Crippen LogP contribution in [0.5, 0.6) is 0 Å². The quantitative estimate of drug-likeness (QED) is 0.505. The van der Waals surface area contributed by atoms with Gasteiger partial charge in [0.15, 0.2) is 17.5 Å². The van der Waals surface area contributed by atoms with Crippen LogP contribution in [0.1, 0.15) is 22.7 Å². The Bertz CT molecular complexity index is 647. The molecule has 1 atom stereocenters. The largest absolute Gasteiger partial charge is 0.271 e. The molecule has 20 heavy (non-hydrogen) atoms. The molecule has 0 saturated carbocycles. The van der Waals surface area contributed by atoms with Gasteiger partial charge in [0.25, 0.3) is 0 Å². The molecule has 0 aliphatic carbocycles. The highest BCUT2D eigenvalue weighted by atomic mass is 79.9. The first kappa shape index (κ1) is 15.0. The van der Waals surface area contributed by atoms with E-state index in [1.165, 1.54) is 6.07 Å². The zero-order valence-corrected chi connectivity index (χ0v) is 12.1. The molecule has 0 saturated heterocycles. The number of benzene rings is 2. The molecule has 0 amide bonds. The van der Waals surface area contributed by atoms with Gasteiger partial charge in [0.05, 0.1) is 6.04 Å². The molecule has 0 fully saturated rings. The van der Waals surface area contributed by atoms with E-state index in [4.69, 9.17) is 5.84 Å². The number of hydrogen-bond acceptors (Lipinski definition) is 2. The predicted octanol–water partition coefficient (Wildman–Crippen LogP) is 3.73. The second kappa shape index (κ2) is 5.95. The van der Waals surface area contributed by atoms with Crippen molar-refractivity contribution in [1.82, 2.24) is 5.43 Å². The molecule has 0 heterocycles. The fourth-order valence-corrected chi connectivity index (χ4v) is 2.70. The summed E-state index contributed by atoms with van der Waals surface area (Å²) in [6.07, 6.45) is 0. The number of hydrazine groups is 1. The van der Waals surface area contributed by atoms with E-state index in [1.54, 1.807) is 6.07 Å². The third-order valence-corrected chi connectivity index (χ3v) is 3.70. The third kappa shape index (κ3) is 2.72. The lowest BCUT2D eigenvalue weighted by atomic mass is 9.97. The molecule has 0 aliphatic rings. The topological polar surface area (TPSA) is 38.0 Å². The molecule has 0 aliphatic heterocycles. The van der Waals surface area contributed by atoms with Crippen molar-refractivity contribution in [2.75, 3.05) is 0 Å². The van der Waals surface area contributed by atoms with Crippen LogP contribution in [-0.2, 0) is 0 Å². The SMILES string of the molecule is Cc1ccc(C(NN)c2ccc(F)c(F)c2F)c(Br)c1. The lowest BCUT2D eigenvalue weighted by Gasteiger charge is -2.19. The van der Waals surface area contributed by atoms with Crippen molar-refractivity contribution in [2.24, 2.45) is 5.84 Å². The van der Waals surface area contributed by atoms with Crippen molar-refractivity contribution < 1.29 is 13.2 Å². The molecule has 2 aromatic rings. The number of nitrogens with one attached hydrogen (secondary N) is 1. The van der Waals surface area contributed by atoms with Gasteiger partial charge >= 0.3 is 0 Å². The summed E-state index contributed by atoms with van der Waals surface area (Å²) in [5, 5.41) is 0. The van der Waals surface area contributed by atoms with E-state index >= 15 is 0 Å². The fraction of sp³-hybridized carbons (Fsp3) is 0.143. The van der Waals surface area contributed by atoms with Gasteiger partial charge in [-0.3, -0.25) is 5.84 Å². The van der Waals surface area contributed by atoms with Crippen molar-refractivity contribution >= 4 is 15.9 Å². The Morgan fingerprint density at radius 2 is 1.70 bits per heavy atom. The Balaban J connectivity index is 2.55. The van der Waals surface area contributed by atoms with Crippen LogP contribution in [0.2, 0.25) is 0 Å². The molecule has 0 spiro atoms. The van der Waals surface area contributed by atoms with Gasteiger partial charge in [-0.25, -0.2) is 18.6 Å². The first-order chi connectivity index (χ1) is 9.45. The summed E-state index contributed by atoms with van der Waals surface area (Å²) in [5.41, 5.74) is 3.99. The standard InChI is InChI=1S/C14H12BrF3N2/c1-7-2-3-8(10(15)6-7)14(20-19)9-4-5-11(16)13(18)12(9)17/h2-6,14,20H,19H2,1H3. The van der Waals surface area contributed by atoms with Crippen LogP contribution in [0.25, 0.3) is 0 Å². The van der Waals surface area contributed by atoms with Crippen molar-refractivity contribution in [3.63, 3.8) is 0 Å². The van der Waals surface area contributed by atoms with Gasteiger partial charge in [-0.2, -0.15) is 0 Å². The second-order valence-corrected chi connectivity index (χ2v) is 5.24.